The molecule has 1 aliphatic rings. The lowest BCUT2D eigenvalue weighted by molar-refractivity contribution is 0.181. The summed E-state index contributed by atoms with van der Waals surface area (Å²) in [7, 11) is 1.96. The minimum atomic E-state index is 0.250. The SMILES string of the molecule is CNC(C)c1cc(Cl)ccc1OC1CCCCCC1. The average molecular weight is 282 g/mol. The molecule has 1 aromatic carbocycles. The molecule has 3 heteroatoms. The predicted octanol–water partition coefficient (Wildman–Crippen LogP) is 4.72. The molecule has 0 spiro atoms. The molecule has 0 heterocycles. The van der Waals surface area contributed by atoms with Gasteiger partial charge in [0, 0.05) is 16.6 Å². The zero-order chi connectivity index (χ0) is 13.7. The van der Waals surface area contributed by atoms with Crippen molar-refractivity contribution in [1.82, 2.24) is 5.32 Å². The standard InChI is InChI=1S/C16H24ClNO/c1-12(18-2)15-11-13(17)9-10-16(15)19-14-7-5-3-4-6-8-14/h9-12,14,18H,3-8H2,1-2H3. The van der Waals surface area contributed by atoms with E-state index in [-0.39, 0.29) is 6.04 Å². The number of nitrogens with one attached hydrogen (secondary N) is 1. The highest BCUT2D eigenvalue weighted by atomic mass is 35.5. The summed E-state index contributed by atoms with van der Waals surface area (Å²) in [5, 5.41) is 4.03. The monoisotopic (exact) mass is 281 g/mol. The van der Waals surface area contributed by atoms with Crippen LogP contribution in [0.2, 0.25) is 5.02 Å². The number of halogens is 1. The number of rotatable bonds is 4. The van der Waals surface area contributed by atoms with Gasteiger partial charge < -0.3 is 10.1 Å². The van der Waals surface area contributed by atoms with E-state index in [1.165, 1.54) is 38.5 Å². The Morgan fingerprint density at radius 3 is 2.53 bits per heavy atom. The molecule has 0 aromatic heterocycles. The van der Waals surface area contributed by atoms with Crippen LogP contribution in [0.4, 0.5) is 0 Å². The summed E-state index contributed by atoms with van der Waals surface area (Å²) in [6.45, 7) is 2.13. The number of hydrogen-bond donors (Lipinski definition) is 1. The van der Waals surface area contributed by atoms with Crippen molar-refractivity contribution in [3.05, 3.63) is 28.8 Å². The maximum atomic E-state index is 6.25. The summed E-state index contributed by atoms with van der Waals surface area (Å²) in [6, 6.07) is 6.18. The van der Waals surface area contributed by atoms with Gasteiger partial charge in [0.1, 0.15) is 5.75 Å². The first kappa shape index (κ1) is 14.7. The third-order valence-electron chi connectivity index (χ3n) is 3.97. The summed E-state index contributed by atoms with van der Waals surface area (Å²) >= 11 is 6.10. The first-order valence-electron chi connectivity index (χ1n) is 7.34. The lowest BCUT2D eigenvalue weighted by Gasteiger charge is -2.22. The Hall–Kier alpha value is -0.730. The van der Waals surface area contributed by atoms with Gasteiger partial charge >= 0.3 is 0 Å². The topological polar surface area (TPSA) is 21.3 Å². The molecule has 2 nitrogen and oxygen atoms in total. The van der Waals surface area contributed by atoms with Gasteiger partial charge in [-0.2, -0.15) is 0 Å². The van der Waals surface area contributed by atoms with Crippen molar-refractivity contribution in [1.29, 1.82) is 0 Å². The minimum absolute atomic E-state index is 0.250. The molecule has 0 radical (unpaired) electrons. The van der Waals surface area contributed by atoms with Gasteiger partial charge in [-0.15, -0.1) is 0 Å². The third kappa shape index (κ3) is 4.12. The summed E-state index contributed by atoms with van der Waals surface area (Å²) in [5.74, 6) is 0.984. The van der Waals surface area contributed by atoms with Gasteiger partial charge in [0.2, 0.25) is 0 Å². The Bertz CT molecular complexity index is 400. The van der Waals surface area contributed by atoms with Crippen LogP contribution < -0.4 is 10.1 Å². The maximum absolute atomic E-state index is 6.25. The molecular formula is C16H24ClNO. The largest absolute Gasteiger partial charge is 0.490 e. The first-order chi connectivity index (χ1) is 9.20. The van der Waals surface area contributed by atoms with Gasteiger partial charge in [0.25, 0.3) is 0 Å². The number of benzene rings is 1. The molecule has 106 valence electrons. The van der Waals surface area contributed by atoms with E-state index < -0.39 is 0 Å². The molecule has 1 aliphatic carbocycles. The molecule has 0 aliphatic heterocycles. The Balaban J connectivity index is 2.13. The van der Waals surface area contributed by atoms with E-state index in [1.807, 2.05) is 25.2 Å². The van der Waals surface area contributed by atoms with Crippen molar-refractivity contribution in [2.24, 2.45) is 0 Å². The van der Waals surface area contributed by atoms with Gasteiger partial charge in [0.15, 0.2) is 0 Å². The van der Waals surface area contributed by atoms with Gasteiger partial charge in [-0.1, -0.05) is 24.4 Å². The fourth-order valence-corrected chi connectivity index (χ4v) is 2.84. The van der Waals surface area contributed by atoms with Crippen molar-refractivity contribution in [2.45, 2.75) is 57.6 Å². The minimum Gasteiger partial charge on any atom is -0.490 e. The van der Waals surface area contributed by atoms with Crippen LogP contribution >= 0.6 is 11.6 Å². The van der Waals surface area contributed by atoms with E-state index in [0.29, 0.717) is 6.10 Å². The van der Waals surface area contributed by atoms with Crippen molar-refractivity contribution in [3.63, 3.8) is 0 Å². The van der Waals surface area contributed by atoms with Crippen LogP contribution in [-0.2, 0) is 0 Å². The Labute approximate surface area is 121 Å². The van der Waals surface area contributed by atoms with Crippen LogP contribution in [0.1, 0.15) is 57.1 Å². The average Bonchev–Trinajstić information content (AvgIpc) is 2.68. The molecule has 1 aromatic rings. The number of hydrogen-bond acceptors (Lipinski definition) is 2. The second-order valence-corrected chi connectivity index (χ2v) is 5.86. The van der Waals surface area contributed by atoms with E-state index in [2.05, 4.69) is 12.2 Å². The summed E-state index contributed by atoms with van der Waals surface area (Å²) < 4.78 is 6.25. The molecule has 0 bridgehead atoms. The van der Waals surface area contributed by atoms with Crippen molar-refractivity contribution >= 4 is 11.6 Å². The lowest BCUT2D eigenvalue weighted by Crippen LogP contribution is -2.19. The van der Waals surface area contributed by atoms with Gasteiger partial charge in [-0.3, -0.25) is 0 Å². The van der Waals surface area contributed by atoms with E-state index in [4.69, 9.17) is 16.3 Å². The summed E-state index contributed by atoms with van der Waals surface area (Å²) in [4.78, 5) is 0. The quantitative estimate of drug-likeness (QED) is 0.806. The van der Waals surface area contributed by atoms with Crippen LogP contribution in [0.3, 0.4) is 0 Å². The van der Waals surface area contributed by atoms with Crippen molar-refractivity contribution in [3.8, 4) is 5.75 Å². The van der Waals surface area contributed by atoms with Crippen LogP contribution in [0.15, 0.2) is 18.2 Å². The lowest BCUT2D eigenvalue weighted by atomic mass is 10.1. The van der Waals surface area contributed by atoms with Gasteiger partial charge in [-0.05, 0) is 57.9 Å². The van der Waals surface area contributed by atoms with Crippen LogP contribution in [0.5, 0.6) is 5.75 Å². The zero-order valence-electron chi connectivity index (χ0n) is 11.9. The van der Waals surface area contributed by atoms with E-state index in [1.54, 1.807) is 0 Å². The van der Waals surface area contributed by atoms with E-state index in [0.717, 1.165) is 16.3 Å². The molecule has 1 N–H and O–H groups in total. The zero-order valence-corrected chi connectivity index (χ0v) is 12.7. The number of ether oxygens (including phenoxy) is 1. The highest BCUT2D eigenvalue weighted by Crippen LogP contribution is 2.31. The highest BCUT2D eigenvalue weighted by molar-refractivity contribution is 6.30. The van der Waals surface area contributed by atoms with Crippen LogP contribution in [0.25, 0.3) is 0 Å². The first-order valence-corrected chi connectivity index (χ1v) is 7.72. The second kappa shape index (κ2) is 7.16. The molecule has 0 saturated heterocycles. The Morgan fingerprint density at radius 2 is 1.89 bits per heavy atom. The Kier molecular flexibility index (Phi) is 5.53. The van der Waals surface area contributed by atoms with Crippen LogP contribution in [0, 0.1) is 0 Å². The maximum Gasteiger partial charge on any atom is 0.124 e. The normalized spacial score (nSPS) is 18.9. The highest BCUT2D eigenvalue weighted by Gasteiger charge is 2.17. The molecule has 19 heavy (non-hydrogen) atoms. The smallest absolute Gasteiger partial charge is 0.124 e. The molecule has 1 atom stereocenters. The summed E-state index contributed by atoms with van der Waals surface area (Å²) in [5.41, 5.74) is 1.15. The molecule has 1 fully saturated rings. The van der Waals surface area contributed by atoms with Crippen LogP contribution in [-0.4, -0.2) is 13.2 Å². The van der Waals surface area contributed by atoms with E-state index in [9.17, 15) is 0 Å². The van der Waals surface area contributed by atoms with Crippen molar-refractivity contribution in [2.75, 3.05) is 7.05 Å². The fraction of sp³-hybridized carbons (Fsp3) is 0.625. The Morgan fingerprint density at radius 1 is 1.21 bits per heavy atom. The third-order valence-corrected chi connectivity index (χ3v) is 4.20. The molecule has 2 rings (SSSR count). The summed E-state index contributed by atoms with van der Waals surface area (Å²) in [6.07, 6.45) is 7.99. The predicted molar refractivity (Wildman–Crippen MR) is 81.0 cm³/mol. The molecule has 0 amide bonds. The fourth-order valence-electron chi connectivity index (χ4n) is 2.66. The van der Waals surface area contributed by atoms with E-state index >= 15 is 0 Å². The van der Waals surface area contributed by atoms with Gasteiger partial charge in [0.05, 0.1) is 6.10 Å². The molecular weight excluding hydrogens is 258 g/mol. The van der Waals surface area contributed by atoms with Gasteiger partial charge in [-0.25, -0.2) is 0 Å². The molecule has 1 saturated carbocycles. The van der Waals surface area contributed by atoms with Crippen molar-refractivity contribution < 1.29 is 4.74 Å². The second-order valence-electron chi connectivity index (χ2n) is 5.42. The molecule has 1 unspecified atom stereocenters.